The third kappa shape index (κ3) is 4.90. The molecule has 0 atom stereocenters. The van der Waals surface area contributed by atoms with E-state index >= 15 is 0 Å². The summed E-state index contributed by atoms with van der Waals surface area (Å²) in [4.78, 5) is 12.8. The van der Waals surface area contributed by atoms with Crippen molar-refractivity contribution >= 4 is 16.8 Å². The highest BCUT2D eigenvalue weighted by Crippen LogP contribution is 2.29. The molecular weight excluding hydrogens is 539 g/mol. The highest BCUT2D eigenvalue weighted by atomic mass is 127. The van der Waals surface area contributed by atoms with Crippen LogP contribution in [-0.4, -0.2) is 15.7 Å². The molecule has 0 fully saturated rings. The second kappa shape index (κ2) is 9.23. The molecule has 0 bridgehead atoms. The first-order valence-electron chi connectivity index (χ1n) is 9.29. The molecule has 5 nitrogen and oxygen atoms in total. The number of carbonyl (C=O) groups excluding carboxylic acids is 1. The summed E-state index contributed by atoms with van der Waals surface area (Å²) in [6, 6.07) is 10.6. The Kier molecular flexibility index (Phi) is 6.82. The molecule has 0 aliphatic carbocycles. The van der Waals surface area contributed by atoms with Gasteiger partial charge in [0.25, 0.3) is 5.91 Å². The van der Waals surface area contributed by atoms with Gasteiger partial charge in [-0.05, 0) is 42.0 Å². The maximum atomic E-state index is 13.2. The Morgan fingerprint density at radius 1 is 1.12 bits per heavy atom. The number of aryl methyl sites for hydroxylation is 1. The maximum Gasteiger partial charge on any atom is 0.416 e. The Hall–Kier alpha value is -3.02. The molecule has 4 rings (SSSR count). The molecule has 0 unspecified atom stereocenters. The van der Waals surface area contributed by atoms with E-state index in [0.29, 0.717) is 27.7 Å². The molecule has 2 aromatic carbocycles. The van der Waals surface area contributed by atoms with Gasteiger partial charge in [-0.1, -0.05) is 12.1 Å². The summed E-state index contributed by atoms with van der Waals surface area (Å²) in [5.74, 6) is -0.822. The molecular formula is C22H17F4IN4O. The van der Waals surface area contributed by atoms with Crippen LogP contribution in [0.5, 0.6) is 0 Å². The molecule has 2 heterocycles. The van der Waals surface area contributed by atoms with Gasteiger partial charge in [-0.25, -0.2) is 13.6 Å². The first-order chi connectivity index (χ1) is 14.7. The molecule has 0 aliphatic rings. The Labute approximate surface area is 197 Å². The number of pyridine rings is 1. The molecule has 32 heavy (non-hydrogen) atoms. The quantitative estimate of drug-likeness (QED) is 0.231. The fourth-order valence-corrected chi connectivity index (χ4v) is 3.30. The predicted octanol–water partition coefficient (Wildman–Crippen LogP) is 0.942. The van der Waals surface area contributed by atoms with Crippen molar-refractivity contribution in [2.24, 2.45) is 7.05 Å². The van der Waals surface area contributed by atoms with E-state index in [2.05, 4.69) is 10.4 Å². The number of halogens is 5. The van der Waals surface area contributed by atoms with E-state index in [1.165, 1.54) is 30.5 Å². The van der Waals surface area contributed by atoms with E-state index in [-0.39, 0.29) is 36.3 Å². The molecule has 0 saturated heterocycles. The van der Waals surface area contributed by atoms with Crippen LogP contribution >= 0.6 is 0 Å². The summed E-state index contributed by atoms with van der Waals surface area (Å²) in [5, 5.41) is 7.53. The number of aromatic nitrogens is 3. The van der Waals surface area contributed by atoms with Gasteiger partial charge in [0.2, 0.25) is 0 Å². The van der Waals surface area contributed by atoms with Gasteiger partial charge < -0.3 is 29.3 Å². The van der Waals surface area contributed by atoms with Gasteiger partial charge in [-0.2, -0.15) is 18.3 Å². The van der Waals surface area contributed by atoms with E-state index in [9.17, 15) is 22.4 Å². The Morgan fingerprint density at radius 3 is 2.53 bits per heavy atom. The van der Waals surface area contributed by atoms with Crippen molar-refractivity contribution in [1.82, 2.24) is 15.1 Å². The number of amides is 1. The van der Waals surface area contributed by atoms with Gasteiger partial charge in [0.15, 0.2) is 12.4 Å². The number of fused-ring (bicyclic) bond motifs is 1. The lowest BCUT2D eigenvalue weighted by atomic mass is 10.1. The number of nitrogens with zero attached hydrogens (tertiary/aromatic N) is 3. The molecule has 1 amide bonds. The van der Waals surface area contributed by atoms with Gasteiger partial charge >= 0.3 is 6.18 Å². The molecule has 4 aromatic rings. The number of alkyl halides is 3. The van der Waals surface area contributed by atoms with Gasteiger partial charge in [0.1, 0.15) is 23.9 Å². The van der Waals surface area contributed by atoms with Crippen molar-refractivity contribution in [3.8, 4) is 5.69 Å². The van der Waals surface area contributed by atoms with E-state index in [1.807, 2.05) is 0 Å². The van der Waals surface area contributed by atoms with Gasteiger partial charge in [-0.3, -0.25) is 4.79 Å². The number of hydrogen-bond acceptors (Lipinski definition) is 2. The normalized spacial score (nSPS) is 11.3. The second-order valence-electron chi connectivity index (χ2n) is 7.05. The zero-order chi connectivity index (χ0) is 22.2. The summed E-state index contributed by atoms with van der Waals surface area (Å²) in [5.41, 5.74) is 1.13. The van der Waals surface area contributed by atoms with Crippen LogP contribution in [0.2, 0.25) is 0 Å². The van der Waals surface area contributed by atoms with Crippen LogP contribution in [0.15, 0.2) is 67.1 Å². The standard InChI is InChI=1S/C22H16F4N4O.HI/c1-29-12-19(21(31)27-10-14-3-2-4-15(9-14)22(24,25)26)18-11-28-30(20(18)13-29)17-7-5-16(23)6-8-17;/h2-9,11-13H,10H2,1H3;1H. The lowest BCUT2D eigenvalue weighted by Crippen LogP contribution is -3.00. The summed E-state index contributed by atoms with van der Waals surface area (Å²) < 4.78 is 55.2. The monoisotopic (exact) mass is 556 g/mol. The van der Waals surface area contributed by atoms with E-state index in [1.54, 1.807) is 40.8 Å². The van der Waals surface area contributed by atoms with Crippen LogP contribution in [0.25, 0.3) is 16.6 Å². The zero-order valence-electron chi connectivity index (χ0n) is 16.7. The second-order valence-corrected chi connectivity index (χ2v) is 7.05. The summed E-state index contributed by atoms with van der Waals surface area (Å²) in [7, 11) is 1.74. The minimum atomic E-state index is -4.45. The minimum absolute atomic E-state index is 0. The fraction of sp³-hybridized carbons (Fsp3) is 0.136. The van der Waals surface area contributed by atoms with E-state index in [4.69, 9.17) is 0 Å². The van der Waals surface area contributed by atoms with Crippen molar-refractivity contribution in [2.75, 3.05) is 0 Å². The number of benzene rings is 2. The maximum absolute atomic E-state index is 13.2. The average molecular weight is 556 g/mol. The van der Waals surface area contributed by atoms with Crippen molar-refractivity contribution < 1.29 is 50.9 Å². The van der Waals surface area contributed by atoms with Crippen LogP contribution < -0.4 is 33.9 Å². The summed E-state index contributed by atoms with van der Waals surface area (Å²) in [6.07, 6.45) is 0.460. The Morgan fingerprint density at radius 2 is 1.84 bits per heavy atom. The van der Waals surface area contributed by atoms with Crippen LogP contribution in [0.1, 0.15) is 21.5 Å². The SMILES string of the molecule is C[n+]1cc(C(=O)NCc2cccc(C(F)(F)F)c2)c2cnn(-c3ccc(F)cc3)c2c1.[I-]. The van der Waals surface area contributed by atoms with Crippen molar-refractivity contribution in [3.05, 3.63) is 89.6 Å². The number of carbonyl (C=O) groups is 1. The van der Waals surface area contributed by atoms with Crippen LogP contribution in [0.4, 0.5) is 17.6 Å². The van der Waals surface area contributed by atoms with Crippen molar-refractivity contribution in [2.45, 2.75) is 12.7 Å². The largest absolute Gasteiger partial charge is 1.00 e. The fourth-order valence-electron chi connectivity index (χ4n) is 3.30. The highest BCUT2D eigenvalue weighted by Gasteiger charge is 2.30. The van der Waals surface area contributed by atoms with Crippen molar-refractivity contribution in [3.63, 3.8) is 0 Å². The number of nitrogens with one attached hydrogen (secondary N) is 1. The van der Waals surface area contributed by atoms with Crippen molar-refractivity contribution in [1.29, 1.82) is 0 Å². The molecule has 0 radical (unpaired) electrons. The summed E-state index contributed by atoms with van der Waals surface area (Å²) in [6.45, 7) is -0.0606. The number of hydrogen-bond donors (Lipinski definition) is 1. The predicted molar refractivity (Wildman–Crippen MR) is 105 cm³/mol. The highest BCUT2D eigenvalue weighted by molar-refractivity contribution is 6.05. The molecule has 10 heteroatoms. The smallest absolute Gasteiger partial charge is 0.416 e. The van der Waals surface area contributed by atoms with Crippen LogP contribution in [0.3, 0.4) is 0 Å². The van der Waals surface area contributed by atoms with Crippen LogP contribution in [0, 0.1) is 5.82 Å². The zero-order valence-corrected chi connectivity index (χ0v) is 18.9. The Balaban J connectivity index is 0.00000289. The topological polar surface area (TPSA) is 50.8 Å². The Bertz CT molecular complexity index is 1270. The average Bonchev–Trinajstić information content (AvgIpc) is 3.15. The van der Waals surface area contributed by atoms with Gasteiger partial charge in [0, 0.05) is 11.9 Å². The minimum Gasteiger partial charge on any atom is -1.00 e. The van der Waals surface area contributed by atoms with Gasteiger partial charge in [-0.15, -0.1) is 0 Å². The van der Waals surface area contributed by atoms with Crippen LogP contribution in [-0.2, 0) is 19.8 Å². The molecule has 2 aromatic heterocycles. The molecule has 1 N–H and O–H groups in total. The first kappa shape index (κ1) is 23.6. The molecule has 166 valence electrons. The summed E-state index contributed by atoms with van der Waals surface area (Å²) >= 11 is 0. The third-order valence-electron chi connectivity index (χ3n) is 4.78. The lowest BCUT2D eigenvalue weighted by molar-refractivity contribution is -0.670. The molecule has 0 saturated carbocycles. The molecule has 0 aliphatic heterocycles. The first-order valence-corrected chi connectivity index (χ1v) is 9.29. The van der Waals surface area contributed by atoms with E-state index < -0.39 is 17.6 Å². The third-order valence-corrected chi connectivity index (χ3v) is 4.78. The van der Waals surface area contributed by atoms with Gasteiger partial charge in [0.05, 0.1) is 17.4 Å². The number of rotatable bonds is 4. The molecule has 0 spiro atoms. The van der Waals surface area contributed by atoms with E-state index in [0.717, 1.165) is 12.1 Å². The lowest BCUT2D eigenvalue weighted by Gasteiger charge is -2.10.